The van der Waals surface area contributed by atoms with Crippen molar-refractivity contribution in [3.63, 3.8) is 0 Å². The normalized spacial score (nSPS) is 18.0. The Morgan fingerprint density at radius 3 is 2.79 bits per heavy atom. The van der Waals surface area contributed by atoms with Crippen molar-refractivity contribution in [2.75, 3.05) is 19.7 Å². The average molecular weight is 356 g/mol. The number of nitrogens with one attached hydrogen (secondary N) is 1. The molecule has 2 unspecified atom stereocenters. The number of rotatable bonds is 8. The van der Waals surface area contributed by atoms with Crippen molar-refractivity contribution < 1.29 is 14.3 Å². The van der Waals surface area contributed by atoms with Crippen molar-refractivity contribution in [2.45, 2.75) is 38.3 Å². The summed E-state index contributed by atoms with van der Waals surface area (Å²) in [7, 11) is 0. The summed E-state index contributed by atoms with van der Waals surface area (Å²) in [4.78, 5) is 25.6. The first kappa shape index (κ1) is 20.3. The van der Waals surface area contributed by atoms with Gasteiger partial charge in [-0.1, -0.05) is 31.5 Å². The minimum Gasteiger partial charge on any atom is -0.492 e. The van der Waals surface area contributed by atoms with Crippen LogP contribution in [0.15, 0.2) is 30.3 Å². The molecule has 1 heterocycles. The summed E-state index contributed by atoms with van der Waals surface area (Å²) in [6.07, 6.45) is 1.85. The van der Waals surface area contributed by atoms with Crippen LogP contribution in [0.4, 0.5) is 0 Å². The molecule has 0 aliphatic carbocycles. The van der Waals surface area contributed by atoms with Crippen molar-refractivity contribution in [3.8, 4) is 5.75 Å². The fourth-order valence-electron chi connectivity index (χ4n) is 2.63. The van der Waals surface area contributed by atoms with E-state index in [-0.39, 0.29) is 30.3 Å². The molecule has 7 heteroatoms. The quantitative estimate of drug-likeness (QED) is 0.736. The second kappa shape index (κ2) is 10.2. The highest BCUT2D eigenvalue weighted by atomic mass is 35.5. The maximum atomic E-state index is 12.0. The number of nitrogens with two attached hydrogens (primary N) is 1. The van der Waals surface area contributed by atoms with E-state index in [0.717, 1.165) is 12.2 Å². The molecule has 1 aromatic carbocycles. The van der Waals surface area contributed by atoms with E-state index in [1.165, 1.54) is 0 Å². The van der Waals surface area contributed by atoms with Gasteiger partial charge in [0, 0.05) is 13.0 Å². The minimum absolute atomic E-state index is 0. The summed E-state index contributed by atoms with van der Waals surface area (Å²) >= 11 is 0. The third kappa shape index (κ3) is 6.02. The number of nitrogens with zero attached hydrogens (tertiary/aromatic N) is 1. The van der Waals surface area contributed by atoms with E-state index in [9.17, 15) is 9.59 Å². The van der Waals surface area contributed by atoms with Crippen LogP contribution in [-0.2, 0) is 9.59 Å². The lowest BCUT2D eigenvalue weighted by Gasteiger charge is -2.18. The maximum Gasteiger partial charge on any atom is 0.237 e. The summed E-state index contributed by atoms with van der Waals surface area (Å²) in [5.41, 5.74) is 5.79. The fourth-order valence-corrected chi connectivity index (χ4v) is 2.63. The van der Waals surface area contributed by atoms with Gasteiger partial charge in [-0.3, -0.25) is 9.59 Å². The zero-order valence-electron chi connectivity index (χ0n) is 13.9. The van der Waals surface area contributed by atoms with E-state index in [4.69, 9.17) is 10.5 Å². The average Bonchev–Trinajstić information content (AvgIpc) is 2.88. The second-order valence-electron chi connectivity index (χ2n) is 5.81. The highest BCUT2D eigenvalue weighted by Gasteiger charge is 2.31. The van der Waals surface area contributed by atoms with Gasteiger partial charge in [0.2, 0.25) is 11.8 Å². The van der Waals surface area contributed by atoms with E-state index < -0.39 is 6.04 Å². The van der Waals surface area contributed by atoms with Crippen LogP contribution < -0.4 is 15.8 Å². The maximum absolute atomic E-state index is 12.0. The molecule has 2 amide bonds. The van der Waals surface area contributed by atoms with Gasteiger partial charge in [-0.15, -0.1) is 12.4 Å². The SMILES string of the molecule is CCCC(N)C(=O)NC1CC(=O)N(CCOc2ccccc2)C1.Cl. The van der Waals surface area contributed by atoms with Crippen LogP contribution in [0.5, 0.6) is 5.75 Å². The minimum atomic E-state index is -0.495. The van der Waals surface area contributed by atoms with Crippen molar-refractivity contribution in [2.24, 2.45) is 5.73 Å². The first-order valence-electron chi connectivity index (χ1n) is 8.11. The van der Waals surface area contributed by atoms with Crippen molar-refractivity contribution >= 4 is 24.2 Å². The summed E-state index contributed by atoms with van der Waals surface area (Å²) in [5, 5.41) is 2.86. The van der Waals surface area contributed by atoms with E-state index in [1.807, 2.05) is 37.3 Å². The number of hydrogen-bond donors (Lipinski definition) is 2. The second-order valence-corrected chi connectivity index (χ2v) is 5.81. The van der Waals surface area contributed by atoms with E-state index in [0.29, 0.717) is 32.5 Å². The summed E-state index contributed by atoms with van der Waals surface area (Å²) in [6, 6.07) is 8.84. The molecule has 1 aliphatic rings. The molecule has 2 atom stereocenters. The summed E-state index contributed by atoms with van der Waals surface area (Å²) in [6.45, 7) is 3.45. The molecule has 6 nitrogen and oxygen atoms in total. The molecule has 0 spiro atoms. The van der Waals surface area contributed by atoms with Crippen LogP contribution in [-0.4, -0.2) is 48.5 Å². The van der Waals surface area contributed by atoms with Crippen molar-refractivity contribution in [3.05, 3.63) is 30.3 Å². The number of para-hydroxylation sites is 1. The molecule has 1 aromatic rings. The first-order chi connectivity index (χ1) is 11.1. The van der Waals surface area contributed by atoms with Gasteiger partial charge in [-0.25, -0.2) is 0 Å². The predicted molar refractivity (Wildman–Crippen MR) is 95.2 cm³/mol. The molecule has 1 fully saturated rings. The van der Waals surface area contributed by atoms with Crippen LogP contribution in [0, 0.1) is 0 Å². The highest BCUT2D eigenvalue weighted by molar-refractivity contribution is 5.85. The van der Waals surface area contributed by atoms with Crippen LogP contribution in [0.25, 0.3) is 0 Å². The predicted octanol–water partition coefficient (Wildman–Crippen LogP) is 1.33. The zero-order valence-corrected chi connectivity index (χ0v) is 14.8. The molecule has 0 aromatic heterocycles. The molecular formula is C17H26ClN3O3. The molecule has 1 aliphatic heterocycles. The van der Waals surface area contributed by atoms with Gasteiger partial charge in [-0.05, 0) is 18.6 Å². The van der Waals surface area contributed by atoms with Crippen molar-refractivity contribution in [1.29, 1.82) is 0 Å². The van der Waals surface area contributed by atoms with Gasteiger partial charge in [0.1, 0.15) is 12.4 Å². The van der Waals surface area contributed by atoms with Gasteiger partial charge >= 0.3 is 0 Å². The van der Waals surface area contributed by atoms with Crippen LogP contribution >= 0.6 is 12.4 Å². The largest absolute Gasteiger partial charge is 0.492 e. The number of carbonyl (C=O) groups is 2. The fraction of sp³-hybridized carbons (Fsp3) is 0.529. The Kier molecular flexibility index (Phi) is 8.57. The lowest BCUT2D eigenvalue weighted by atomic mass is 10.1. The Labute approximate surface area is 149 Å². The van der Waals surface area contributed by atoms with E-state index >= 15 is 0 Å². The number of amides is 2. The molecule has 3 N–H and O–H groups in total. The number of ether oxygens (including phenoxy) is 1. The number of carbonyl (C=O) groups excluding carboxylic acids is 2. The number of benzene rings is 1. The molecule has 1 saturated heterocycles. The molecular weight excluding hydrogens is 330 g/mol. The standard InChI is InChI=1S/C17H25N3O3.ClH/c1-2-6-15(18)17(22)19-13-11-16(21)20(12-13)9-10-23-14-7-4-3-5-8-14;/h3-5,7-8,13,15H,2,6,9-12,18H2,1H3,(H,19,22);1H. The Hall–Kier alpha value is -1.79. The lowest BCUT2D eigenvalue weighted by molar-refractivity contribution is -0.128. The van der Waals surface area contributed by atoms with Crippen LogP contribution in [0.1, 0.15) is 26.2 Å². The molecule has 0 radical (unpaired) electrons. The third-order valence-corrected chi connectivity index (χ3v) is 3.87. The Morgan fingerprint density at radius 2 is 2.12 bits per heavy atom. The molecule has 2 rings (SSSR count). The van der Waals surface area contributed by atoms with Gasteiger partial charge in [0.15, 0.2) is 0 Å². The molecule has 0 saturated carbocycles. The lowest BCUT2D eigenvalue weighted by Crippen LogP contribution is -2.46. The monoisotopic (exact) mass is 355 g/mol. The third-order valence-electron chi connectivity index (χ3n) is 3.87. The van der Waals surface area contributed by atoms with Crippen LogP contribution in [0.3, 0.4) is 0 Å². The Bertz CT molecular complexity index is 527. The van der Waals surface area contributed by atoms with Gasteiger partial charge < -0.3 is 20.7 Å². The van der Waals surface area contributed by atoms with Gasteiger partial charge in [0.05, 0.1) is 18.6 Å². The van der Waals surface area contributed by atoms with Gasteiger partial charge in [0.25, 0.3) is 0 Å². The summed E-state index contributed by atoms with van der Waals surface area (Å²) in [5.74, 6) is 0.651. The topological polar surface area (TPSA) is 84.7 Å². The van der Waals surface area contributed by atoms with Gasteiger partial charge in [-0.2, -0.15) is 0 Å². The van der Waals surface area contributed by atoms with E-state index in [2.05, 4.69) is 5.32 Å². The number of likely N-dealkylation sites (tertiary alicyclic amines) is 1. The summed E-state index contributed by atoms with van der Waals surface area (Å²) < 4.78 is 5.60. The highest BCUT2D eigenvalue weighted by Crippen LogP contribution is 2.12. The smallest absolute Gasteiger partial charge is 0.237 e. The van der Waals surface area contributed by atoms with Crippen LogP contribution in [0.2, 0.25) is 0 Å². The van der Waals surface area contributed by atoms with Crippen molar-refractivity contribution in [1.82, 2.24) is 10.2 Å². The Balaban J connectivity index is 0.00000288. The Morgan fingerprint density at radius 1 is 1.42 bits per heavy atom. The molecule has 24 heavy (non-hydrogen) atoms. The zero-order chi connectivity index (χ0) is 16.7. The first-order valence-corrected chi connectivity index (χ1v) is 8.11. The number of halogens is 1. The molecule has 0 bridgehead atoms. The number of hydrogen-bond acceptors (Lipinski definition) is 4. The van der Waals surface area contributed by atoms with E-state index in [1.54, 1.807) is 4.90 Å². The molecule has 134 valence electrons.